The molecule has 1 aliphatic heterocycles. The molecule has 4 N–H and O–H groups in total. The molecule has 0 saturated carbocycles. The van der Waals surface area contributed by atoms with Gasteiger partial charge in [0.05, 0.1) is 23.9 Å². The summed E-state index contributed by atoms with van der Waals surface area (Å²) in [6.45, 7) is 0. The van der Waals surface area contributed by atoms with E-state index in [0.717, 1.165) is 12.1 Å². The summed E-state index contributed by atoms with van der Waals surface area (Å²) in [4.78, 5) is 28.2. The van der Waals surface area contributed by atoms with Crippen molar-refractivity contribution < 1.29 is 19.1 Å². The van der Waals surface area contributed by atoms with Gasteiger partial charge in [0.25, 0.3) is 5.91 Å². The minimum atomic E-state index is -0.983. The number of phenols is 1. The van der Waals surface area contributed by atoms with Crippen molar-refractivity contribution in [1.29, 1.82) is 5.26 Å². The number of halogens is 1. The number of nitriles is 1. The number of benzene rings is 2. The lowest BCUT2D eigenvalue weighted by Gasteiger charge is -2.08. The number of phenolic OH excluding ortho intramolecular Hbond substituents is 1. The van der Waals surface area contributed by atoms with Gasteiger partial charge in [0.15, 0.2) is 0 Å². The Morgan fingerprint density at radius 2 is 2.17 bits per heavy atom. The van der Waals surface area contributed by atoms with Gasteiger partial charge in [-0.15, -0.1) is 0 Å². The highest BCUT2D eigenvalue weighted by molar-refractivity contribution is 6.07. The largest absolute Gasteiger partial charge is 0.507 e. The zero-order chi connectivity index (χ0) is 20.8. The van der Waals surface area contributed by atoms with Crippen LogP contribution in [0.4, 0.5) is 10.1 Å². The maximum Gasteiger partial charge on any atom is 0.252 e. The van der Waals surface area contributed by atoms with Crippen LogP contribution in [0, 0.1) is 17.1 Å². The molecule has 0 aliphatic carbocycles. The molecule has 29 heavy (non-hydrogen) atoms. The highest BCUT2D eigenvalue weighted by Crippen LogP contribution is 2.17. The number of hydrogen-bond donors (Lipinski definition) is 4. The van der Waals surface area contributed by atoms with Crippen LogP contribution in [0.5, 0.6) is 5.75 Å². The van der Waals surface area contributed by atoms with E-state index in [0.29, 0.717) is 5.56 Å². The maximum atomic E-state index is 13.2. The molecular formula is C19H15FN6O3. The first kappa shape index (κ1) is 19.5. The van der Waals surface area contributed by atoms with Crippen LogP contribution < -0.4 is 16.1 Å². The van der Waals surface area contributed by atoms with Gasteiger partial charge >= 0.3 is 0 Å². The third-order valence-electron chi connectivity index (χ3n) is 3.89. The highest BCUT2D eigenvalue weighted by atomic mass is 19.1. The van der Waals surface area contributed by atoms with Crippen molar-refractivity contribution >= 4 is 29.7 Å². The summed E-state index contributed by atoms with van der Waals surface area (Å²) in [7, 11) is 0. The molecule has 1 unspecified atom stereocenters. The van der Waals surface area contributed by atoms with E-state index in [2.05, 4.69) is 26.2 Å². The van der Waals surface area contributed by atoms with E-state index in [1.807, 2.05) is 0 Å². The van der Waals surface area contributed by atoms with Crippen molar-refractivity contribution in [2.75, 3.05) is 5.32 Å². The number of guanidine groups is 1. The summed E-state index contributed by atoms with van der Waals surface area (Å²) in [5, 5.41) is 27.5. The molecule has 2 aromatic carbocycles. The average molecular weight is 394 g/mol. The fourth-order valence-corrected chi connectivity index (χ4v) is 2.50. The van der Waals surface area contributed by atoms with Gasteiger partial charge in [0, 0.05) is 5.56 Å². The molecule has 0 aromatic heterocycles. The summed E-state index contributed by atoms with van der Waals surface area (Å²) < 4.78 is 13.2. The van der Waals surface area contributed by atoms with Crippen LogP contribution in [0.2, 0.25) is 0 Å². The monoisotopic (exact) mass is 394 g/mol. The standard InChI is InChI=1S/C19H15FN6O3/c20-13-5-6-14(12(7-13)9-21)23-17(28)8-15-18(29)25-19(24-15)26-22-10-11-3-1-2-4-16(11)27/h1-7,10,15,27H,8H2,(H,23,28)(H2,24,25,26,29)/b22-10+. The molecule has 2 amide bonds. The van der Waals surface area contributed by atoms with E-state index in [1.54, 1.807) is 24.3 Å². The molecule has 1 heterocycles. The number of hydrazone groups is 1. The number of para-hydroxylation sites is 1. The minimum absolute atomic E-state index is 0.0291. The van der Waals surface area contributed by atoms with Crippen LogP contribution in [0.25, 0.3) is 0 Å². The number of aromatic hydroxyl groups is 1. The van der Waals surface area contributed by atoms with Gasteiger partial charge in [-0.25, -0.2) is 14.8 Å². The minimum Gasteiger partial charge on any atom is -0.507 e. The Morgan fingerprint density at radius 1 is 1.38 bits per heavy atom. The third-order valence-corrected chi connectivity index (χ3v) is 3.89. The Balaban J connectivity index is 1.59. The second-order valence-corrected chi connectivity index (χ2v) is 5.97. The Morgan fingerprint density at radius 3 is 2.93 bits per heavy atom. The van der Waals surface area contributed by atoms with Crippen molar-refractivity contribution in [1.82, 2.24) is 10.7 Å². The Bertz CT molecular complexity index is 1060. The molecular weight excluding hydrogens is 379 g/mol. The first-order chi connectivity index (χ1) is 14.0. The van der Waals surface area contributed by atoms with Crippen molar-refractivity contribution in [3.05, 3.63) is 59.4 Å². The molecule has 3 rings (SSSR count). The first-order valence-corrected chi connectivity index (χ1v) is 8.41. The summed E-state index contributed by atoms with van der Waals surface area (Å²) in [6, 6.07) is 10.7. The van der Waals surface area contributed by atoms with E-state index in [4.69, 9.17) is 5.26 Å². The molecule has 10 heteroatoms. The zero-order valence-electron chi connectivity index (χ0n) is 14.9. The Hall–Kier alpha value is -4.26. The maximum absolute atomic E-state index is 13.2. The number of aliphatic imine (C=N–C) groups is 1. The predicted octanol–water partition coefficient (Wildman–Crippen LogP) is 1.21. The van der Waals surface area contributed by atoms with Gasteiger partial charge in [0.1, 0.15) is 23.7 Å². The predicted molar refractivity (Wildman–Crippen MR) is 103 cm³/mol. The number of carbonyl (C=O) groups is 2. The van der Waals surface area contributed by atoms with Crippen LogP contribution in [0.3, 0.4) is 0 Å². The number of rotatable bonds is 5. The van der Waals surface area contributed by atoms with Gasteiger partial charge in [0.2, 0.25) is 11.9 Å². The number of nitrogens with one attached hydrogen (secondary N) is 3. The van der Waals surface area contributed by atoms with E-state index in [1.165, 1.54) is 18.3 Å². The van der Waals surface area contributed by atoms with E-state index in [-0.39, 0.29) is 29.4 Å². The van der Waals surface area contributed by atoms with Crippen molar-refractivity contribution in [2.24, 2.45) is 10.1 Å². The van der Waals surface area contributed by atoms with Gasteiger partial charge in [-0.3, -0.25) is 14.9 Å². The van der Waals surface area contributed by atoms with E-state index in [9.17, 15) is 19.1 Å². The third kappa shape index (κ3) is 4.92. The summed E-state index contributed by atoms with van der Waals surface area (Å²) in [5.74, 6) is -1.56. The second kappa shape index (κ2) is 8.62. The molecule has 0 radical (unpaired) electrons. The van der Waals surface area contributed by atoms with Gasteiger partial charge in [-0.1, -0.05) is 12.1 Å². The number of hydrogen-bond acceptors (Lipinski definition) is 7. The number of carbonyl (C=O) groups excluding carboxylic acids is 2. The van der Waals surface area contributed by atoms with E-state index >= 15 is 0 Å². The van der Waals surface area contributed by atoms with Crippen LogP contribution in [0.1, 0.15) is 17.5 Å². The van der Waals surface area contributed by atoms with Crippen LogP contribution >= 0.6 is 0 Å². The highest BCUT2D eigenvalue weighted by Gasteiger charge is 2.28. The van der Waals surface area contributed by atoms with Gasteiger partial charge in [-0.2, -0.15) is 10.4 Å². The number of anilines is 1. The molecule has 9 nitrogen and oxygen atoms in total. The van der Waals surface area contributed by atoms with E-state index < -0.39 is 23.7 Å². The molecule has 0 spiro atoms. The van der Waals surface area contributed by atoms with Crippen molar-refractivity contribution in [3.8, 4) is 11.8 Å². The Labute approximate surface area is 164 Å². The molecule has 1 aliphatic rings. The lowest BCUT2D eigenvalue weighted by Crippen LogP contribution is -2.35. The summed E-state index contributed by atoms with van der Waals surface area (Å²) in [5.41, 5.74) is 3.11. The van der Waals surface area contributed by atoms with Crippen molar-refractivity contribution in [3.63, 3.8) is 0 Å². The fourth-order valence-electron chi connectivity index (χ4n) is 2.50. The normalized spacial score (nSPS) is 15.5. The first-order valence-electron chi connectivity index (χ1n) is 8.41. The fraction of sp³-hybridized carbons (Fsp3) is 0.105. The average Bonchev–Trinajstić information content (AvgIpc) is 3.03. The molecule has 0 bridgehead atoms. The second-order valence-electron chi connectivity index (χ2n) is 5.97. The Kier molecular flexibility index (Phi) is 5.80. The zero-order valence-corrected chi connectivity index (χ0v) is 14.9. The molecule has 2 aromatic rings. The lowest BCUT2D eigenvalue weighted by atomic mass is 10.1. The molecule has 0 saturated heterocycles. The number of nitrogens with zero attached hydrogens (tertiary/aromatic N) is 3. The molecule has 146 valence electrons. The molecule has 0 fully saturated rings. The van der Waals surface area contributed by atoms with Crippen LogP contribution in [0.15, 0.2) is 52.6 Å². The van der Waals surface area contributed by atoms with Gasteiger partial charge < -0.3 is 10.4 Å². The summed E-state index contributed by atoms with van der Waals surface area (Å²) in [6.07, 6.45) is 1.07. The number of amides is 2. The lowest BCUT2D eigenvalue weighted by molar-refractivity contribution is -0.123. The van der Waals surface area contributed by atoms with Crippen LogP contribution in [-0.2, 0) is 9.59 Å². The van der Waals surface area contributed by atoms with Crippen molar-refractivity contribution in [2.45, 2.75) is 12.5 Å². The smallest absolute Gasteiger partial charge is 0.252 e. The van der Waals surface area contributed by atoms with Gasteiger partial charge in [-0.05, 0) is 30.3 Å². The topological polar surface area (TPSA) is 139 Å². The quantitative estimate of drug-likeness (QED) is 0.446. The molecule has 1 atom stereocenters. The summed E-state index contributed by atoms with van der Waals surface area (Å²) >= 11 is 0. The SMILES string of the molecule is N#Cc1cc(F)ccc1NC(=O)CC1N=C(N/N=C/c2ccccc2O)NC1=O. The van der Waals surface area contributed by atoms with Crippen LogP contribution in [-0.4, -0.2) is 35.1 Å².